The Balaban J connectivity index is 0.000000380. The summed E-state index contributed by atoms with van der Waals surface area (Å²) in [5, 5.41) is 36.3. The van der Waals surface area contributed by atoms with Crippen molar-refractivity contribution in [3.05, 3.63) is 136 Å². The standard InChI is InChI=1S/C29H34N4O4.C10H10O2/c1-29(2,30)18-37-22-9-7-21(8-10-22)32-20-5-3-19(4-6-20)15-16-31-17-26(35)23-11-13-25(34)28-24(23)12-14-27(36)33-28;1-8-2-4-9(5-3-8)6-7-10(11)12/h3-14,26,31-32,34-35H,15-18,30H2,1-2H3,(H,33,36);2-7H,1H3,(H,11,12)/t26-;/m0./s1. The van der Waals surface area contributed by atoms with E-state index in [1.165, 1.54) is 23.3 Å². The maximum atomic E-state index is 11.6. The van der Waals surface area contributed by atoms with Crippen LogP contribution in [0.1, 0.15) is 42.2 Å². The number of aliphatic hydroxyl groups is 1. The highest BCUT2D eigenvalue weighted by atomic mass is 16.5. The van der Waals surface area contributed by atoms with Gasteiger partial charge < -0.3 is 41.4 Å². The number of carbonyl (C=O) groups is 1. The largest absolute Gasteiger partial charge is 0.506 e. The Hall–Kier alpha value is -5.42. The first-order valence-electron chi connectivity index (χ1n) is 16.0. The Morgan fingerprint density at radius 2 is 1.59 bits per heavy atom. The first-order chi connectivity index (χ1) is 23.4. The highest BCUT2D eigenvalue weighted by Crippen LogP contribution is 2.28. The summed E-state index contributed by atoms with van der Waals surface area (Å²) in [6.45, 7) is 7.33. The topological polar surface area (TPSA) is 170 Å². The van der Waals surface area contributed by atoms with Gasteiger partial charge in [0.2, 0.25) is 5.56 Å². The van der Waals surface area contributed by atoms with E-state index in [9.17, 15) is 19.8 Å². The van der Waals surface area contributed by atoms with Crippen LogP contribution in [0.4, 0.5) is 11.4 Å². The number of nitrogens with one attached hydrogen (secondary N) is 3. The molecule has 0 unspecified atom stereocenters. The normalized spacial score (nSPS) is 11.9. The molecule has 0 spiro atoms. The number of anilines is 2. The SMILES string of the molecule is CC(C)(N)COc1ccc(Nc2ccc(CCNC[C@H](O)c3ccc(O)c4[nH]c(=O)ccc34)cc2)cc1.Cc1ccc(C=CC(=O)O)cc1. The van der Waals surface area contributed by atoms with Crippen LogP contribution in [0.3, 0.4) is 0 Å². The quantitative estimate of drug-likeness (QED) is 0.0585. The van der Waals surface area contributed by atoms with Crippen LogP contribution < -0.4 is 26.7 Å². The molecular formula is C39H44N4O6. The third-order valence-corrected chi connectivity index (χ3v) is 7.40. The second kappa shape index (κ2) is 17.1. The summed E-state index contributed by atoms with van der Waals surface area (Å²) >= 11 is 0. The minimum absolute atomic E-state index is 0.0211. The molecule has 0 amide bonds. The average Bonchev–Trinajstić information content (AvgIpc) is 3.07. The molecule has 8 N–H and O–H groups in total. The van der Waals surface area contributed by atoms with E-state index < -0.39 is 12.1 Å². The van der Waals surface area contributed by atoms with Gasteiger partial charge in [0.05, 0.1) is 11.6 Å². The molecule has 0 radical (unpaired) electrons. The first-order valence-corrected chi connectivity index (χ1v) is 16.0. The fraction of sp³-hybridized carbons (Fsp3) is 0.231. The lowest BCUT2D eigenvalue weighted by Gasteiger charge is -2.19. The Morgan fingerprint density at radius 1 is 0.939 bits per heavy atom. The highest BCUT2D eigenvalue weighted by Gasteiger charge is 2.14. The Kier molecular flexibility index (Phi) is 12.7. The zero-order chi connectivity index (χ0) is 35.4. The van der Waals surface area contributed by atoms with Gasteiger partial charge in [-0.15, -0.1) is 0 Å². The van der Waals surface area contributed by atoms with Gasteiger partial charge >= 0.3 is 5.97 Å². The van der Waals surface area contributed by atoms with Crippen molar-refractivity contribution >= 4 is 34.3 Å². The molecule has 1 aromatic heterocycles. The second-order valence-electron chi connectivity index (χ2n) is 12.5. The number of rotatable bonds is 13. The predicted molar refractivity (Wildman–Crippen MR) is 196 cm³/mol. The van der Waals surface area contributed by atoms with E-state index in [1.807, 2.05) is 81.4 Å². The zero-order valence-electron chi connectivity index (χ0n) is 27.9. The second-order valence-corrected chi connectivity index (χ2v) is 12.5. The monoisotopic (exact) mass is 664 g/mol. The molecule has 0 aliphatic heterocycles. The third kappa shape index (κ3) is 12.0. The Labute approximate surface area is 285 Å². The number of aryl methyl sites for hydroxylation is 1. The van der Waals surface area contributed by atoms with Gasteiger partial charge in [-0.1, -0.05) is 48.0 Å². The van der Waals surface area contributed by atoms with Crippen molar-refractivity contribution in [2.45, 2.75) is 38.8 Å². The van der Waals surface area contributed by atoms with E-state index in [-0.39, 0.29) is 16.8 Å². The molecular weight excluding hydrogens is 620 g/mol. The lowest BCUT2D eigenvalue weighted by atomic mass is 10.0. The molecule has 1 atom stereocenters. The van der Waals surface area contributed by atoms with E-state index in [4.69, 9.17) is 15.6 Å². The maximum absolute atomic E-state index is 11.6. The molecule has 5 rings (SSSR count). The Bertz CT molecular complexity index is 1900. The molecule has 0 aliphatic rings. The van der Waals surface area contributed by atoms with Crippen LogP contribution in [0.15, 0.2) is 108 Å². The van der Waals surface area contributed by atoms with Crippen LogP contribution in [0.5, 0.6) is 11.5 Å². The fourth-order valence-corrected chi connectivity index (χ4v) is 4.80. The number of aliphatic hydroxyl groups excluding tert-OH is 1. The summed E-state index contributed by atoms with van der Waals surface area (Å²) < 4.78 is 5.71. The zero-order valence-corrected chi connectivity index (χ0v) is 27.9. The van der Waals surface area contributed by atoms with Gasteiger partial charge in [0.1, 0.15) is 18.1 Å². The molecule has 5 aromatic rings. The number of hydrogen-bond acceptors (Lipinski definition) is 8. The number of aromatic nitrogens is 1. The molecule has 256 valence electrons. The molecule has 0 fully saturated rings. The van der Waals surface area contributed by atoms with E-state index in [2.05, 4.69) is 27.8 Å². The number of phenols is 1. The number of aliphatic carboxylic acids is 1. The van der Waals surface area contributed by atoms with Crippen LogP contribution in [0, 0.1) is 6.92 Å². The van der Waals surface area contributed by atoms with Crippen molar-refractivity contribution in [1.82, 2.24) is 10.3 Å². The van der Waals surface area contributed by atoms with E-state index in [1.54, 1.807) is 18.2 Å². The van der Waals surface area contributed by atoms with Crippen molar-refractivity contribution in [1.29, 1.82) is 0 Å². The molecule has 10 nitrogen and oxygen atoms in total. The molecule has 0 saturated heterocycles. The van der Waals surface area contributed by atoms with Gasteiger partial charge in [0.25, 0.3) is 0 Å². The van der Waals surface area contributed by atoms with E-state index >= 15 is 0 Å². The van der Waals surface area contributed by atoms with Gasteiger partial charge in [0.15, 0.2) is 0 Å². The van der Waals surface area contributed by atoms with Gasteiger partial charge in [-0.05, 0) is 105 Å². The number of H-pyrrole nitrogens is 1. The minimum Gasteiger partial charge on any atom is -0.506 e. The number of pyridine rings is 1. The van der Waals surface area contributed by atoms with Crippen molar-refractivity contribution in [2.75, 3.05) is 25.0 Å². The van der Waals surface area contributed by atoms with Crippen LogP contribution in [-0.4, -0.2) is 51.5 Å². The minimum atomic E-state index is -0.921. The summed E-state index contributed by atoms with van der Waals surface area (Å²) in [5.41, 5.74) is 11.5. The van der Waals surface area contributed by atoms with Crippen molar-refractivity contribution in [2.24, 2.45) is 5.73 Å². The number of nitrogens with two attached hydrogens (primary N) is 1. The van der Waals surface area contributed by atoms with Crippen molar-refractivity contribution < 1.29 is 24.9 Å². The van der Waals surface area contributed by atoms with Crippen molar-refractivity contribution in [3.63, 3.8) is 0 Å². The lowest BCUT2D eigenvalue weighted by Crippen LogP contribution is -2.38. The van der Waals surface area contributed by atoms with E-state index in [0.717, 1.165) is 35.2 Å². The van der Waals surface area contributed by atoms with Gasteiger partial charge in [0, 0.05) is 41.0 Å². The van der Waals surface area contributed by atoms with Gasteiger partial charge in [-0.3, -0.25) is 4.79 Å². The van der Waals surface area contributed by atoms with Crippen molar-refractivity contribution in [3.8, 4) is 11.5 Å². The molecule has 1 heterocycles. The summed E-state index contributed by atoms with van der Waals surface area (Å²) in [6.07, 6.45) is 2.73. The molecule has 4 aromatic carbocycles. The van der Waals surface area contributed by atoms with E-state index in [0.29, 0.717) is 36.2 Å². The number of carboxylic acids is 1. The Morgan fingerprint density at radius 3 is 2.22 bits per heavy atom. The first kappa shape index (κ1) is 36.4. The third-order valence-electron chi connectivity index (χ3n) is 7.40. The average molecular weight is 665 g/mol. The molecule has 0 aliphatic carbocycles. The molecule has 0 bridgehead atoms. The number of carboxylic acid groups (broad SMARTS) is 1. The summed E-state index contributed by atoms with van der Waals surface area (Å²) in [4.78, 5) is 24.4. The molecule has 49 heavy (non-hydrogen) atoms. The van der Waals surface area contributed by atoms with Gasteiger partial charge in [-0.25, -0.2) is 4.79 Å². The number of fused-ring (bicyclic) bond motifs is 1. The number of benzene rings is 4. The number of aromatic amines is 1. The number of ether oxygens (including phenoxy) is 1. The van der Waals surface area contributed by atoms with Crippen LogP contribution >= 0.6 is 0 Å². The maximum Gasteiger partial charge on any atom is 0.328 e. The molecule has 0 saturated carbocycles. The van der Waals surface area contributed by atoms with Crippen LogP contribution in [0.25, 0.3) is 17.0 Å². The summed E-state index contributed by atoms with van der Waals surface area (Å²) in [7, 11) is 0. The van der Waals surface area contributed by atoms with Gasteiger partial charge in [-0.2, -0.15) is 0 Å². The molecule has 10 heteroatoms. The smallest absolute Gasteiger partial charge is 0.328 e. The number of phenolic OH excluding ortho intramolecular Hbond substituents is 1. The predicted octanol–water partition coefficient (Wildman–Crippen LogP) is 6.05. The van der Waals surface area contributed by atoms with Crippen LogP contribution in [-0.2, 0) is 11.2 Å². The van der Waals surface area contributed by atoms with Crippen LogP contribution in [0.2, 0.25) is 0 Å². The summed E-state index contributed by atoms with van der Waals surface area (Å²) in [5.74, 6) is -0.159. The summed E-state index contributed by atoms with van der Waals surface area (Å²) in [6, 6.07) is 29.8. The lowest BCUT2D eigenvalue weighted by molar-refractivity contribution is -0.131. The number of hydrogen-bond donors (Lipinski definition) is 7. The highest BCUT2D eigenvalue weighted by molar-refractivity contribution is 5.87. The number of aromatic hydroxyl groups is 1. The fourth-order valence-electron chi connectivity index (χ4n) is 4.80.